The molecule has 0 fully saturated rings. The normalized spacial score (nSPS) is 11.5. The molecular formula is C15H18O2. The van der Waals surface area contributed by atoms with Gasteiger partial charge >= 0.3 is 5.97 Å². The number of carbonyl (C=O) groups excluding carboxylic acids is 1. The summed E-state index contributed by atoms with van der Waals surface area (Å²) in [6.07, 6.45) is 4.64. The minimum Gasteiger partial charge on any atom is -0.461 e. The second-order valence-corrected chi connectivity index (χ2v) is 3.83. The highest BCUT2D eigenvalue weighted by atomic mass is 16.5. The Morgan fingerprint density at radius 3 is 2.53 bits per heavy atom. The first-order chi connectivity index (χ1) is 8.27. The molecule has 1 aromatic rings. The van der Waals surface area contributed by atoms with Crippen LogP contribution in [0, 0.1) is 5.92 Å². The quantitative estimate of drug-likeness (QED) is 0.531. The number of benzene rings is 1. The first kappa shape index (κ1) is 13.2. The largest absolute Gasteiger partial charge is 0.461 e. The highest BCUT2D eigenvalue weighted by Crippen LogP contribution is 2.14. The molecular weight excluding hydrogens is 212 g/mol. The van der Waals surface area contributed by atoms with Crippen molar-refractivity contribution in [3.05, 3.63) is 61.2 Å². The van der Waals surface area contributed by atoms with E-state index < -0.39 is 0 Å². The molecule has 1 rings (SSSR count). The fraction of sp³-hybridized carbons (Fsp3) is 0.267. The molecule has 0 aromatic heterocycles. The van der Waals surface area contributed by atoms with Gasteiger partial charge in [-0.15, -0.1) is 6.58 Å². The Hall–Kier alpha value is -1.83. The number of hydrogen-bond acceptors (Lipinski definition) is 2. The molecule has 0 heterocycles. The average molecular weight is 230 g/mol. The molecule has 0 unspecified atom stereocenters. The predicted molar refractivity (Wildman–Crippen MR) is 69.6 cm³/mol. The zero-order valence-electron chi connectivity index (χ0n) is 9.97. The van der Waals surface area contributed by atoms with Crippen molar-refractivity contribution in [3.63, 3.8) is 0 Å². The lowest BCUT2D eigenvalue weighted by molar-refractivity contribution is -0.147. The number of rotatable bonds is 7. The van der Waals surface area contributed by atoms with E-state index in [1.807, 2.05) is 30.3 Å². The van der Waals surface area contributed by atoms with E-state index in [1.165, 1.54) is 0 Å². The van der Waals surface area contributed by atoms with Gasteiger partial charge in [-0.2, -0.15) is 0 Å². The lowest BCUT2D eigenvalue weighted by Gasteiger charge is -2.13. The Balaban J connectivity index is 2.62. The van der Waals surface area contributed by atoms with Crippen LogP contribution in [0.3, 0.4) is 0 Å². The van der Waals surface area contributed by atoms with E-state index >= 15 is 0 Å². The van der Waals surface area contributed by atoms with Gasteiger partial charge in [-0.1, -0.05) is 49.1 Å². The summed E-state index contributed by atoms with van der Waals surface area (Å²) in [6.45, 7) is 7.47. The van der Waals surface area contributed by atoms with Crippen molar-refractivity contribution >= 4 is 5.97 Å². The Bertz CT molecular complexity index is 368. The van der Waals surface area contributed by atoms with Crippen molar-refractivity contribution in [1.82, 2.24) is 0 Å². The van der Waals surface area contributed by atoms with Gasteiger partial charge in [0.05, 0.1) is 5.92 Å². The molecule has 0 amide bonds. The summed E-state index contributed by atoms with van der Waals surface area (Å²) in [5.74, 6) is -0.344. The van der Waals surface area contributed by atoms with Crippen LogP contribution >= 0.6 is 0 Å². The summed E-state index contributed by atoms with van der Waals surface area (Å²) >= 11 is 0. The van der Waals surface area contributed by atoms with Crippen LogP contribution in [0.1, 0.15) is 12.0 Å². The molecule has 0 aliphatic carbocycles. The molecule has 0 aliphatic heterocycles. The van der Waals surface area contributed by atoms with Crippen LogP contribution in [0.4, 0.5) is 0 Å². The van der Waals surface area contributed by atoms with Gasteiger partial charge in [-0.05, 0) is 18.4 Å². The Kier molecular flexibility index (Phi) is 5.80. The highest BCUT2D eigenvalue weighted by molar-refractivity contribution is 5.73. The van der Waals surface area contributed by atoms with Crippen LogP contribution < -0.4 is 0 Å². The summed E-state index contributed by atoms with van der Waals surface area (Å²) in [5.41, 5.74) is 1.13. The molecule has 90 valence electrons. The third kappa shape index (κ3) is 4.68. The van der Waals surface area contributed by atoms with Gasteiger partial charge < -0.3 is 4.74 Å². The summed E-state index contributed by atoms with van der Waals surface area (Å²) in [4.78, 5) is 11.8. The minimum atomic E-state index is -0.186. The maximum Gasteiger partial charge on any atom is 0.309 e. The molecule has 0 saturated carbocycles. The molecule has 17 heavy (non-hydrogen) atoms. The molecule has 0 saturated heterocycles. The highest BCUT2D eigenvalue weighted by Gasteiger charge is 2.18. The Morgan fingerprint density at radius 1 is 1.24 bits per heavy atom. The van der Waals surface area contributed by atoms with E-state index in [0.29, 0.717) is 12.8 Å². The minimum absolute atomic E-state index is 0.158. The molecule has 0 N–H and O–H groups in total. The van der Waals surface area contributed by atoms with Crippen molar-refractivity contribution in [2.45, 2.75) is 12.8 Å². The topological polar surface area (TPSA) is 26.3 Å². The van der Waals surface area contributed by atoms with E-state index in [0.717, 1.165) is 5.56 Å². The average Bonchev–Trinajstić information content (AvgIpc) is 2.36. The molecule has 1 atom stereocenters. The summed E-state index contributed by atoms with van der Waals surface area (Å²) in [7, 11) is 0. The lowest BCUT2D eigenvalue weighted by Crippen LogP contribution is -2.19. The summed E-state index contributed by atoms with van der Waals surface area (Å²) in [6, 6.07) is 9.92. The van der Waals surface area contributed by atoms with Crippen molar-refractivity contribution < 1.29 is 9.53 Å². The zero-order chi connectivity index (χ0) is 12.5. The fourth-order valence-corrected chi connectivity index (χ4v) is 1.62. The molecule has 0 bridgehead atoms. The maximum atomic E-state index is 11.8. The van der Waals surface area contributed by atoms with Crippen LogP contribution in [0.15, 0.2) is 55.6 Å². The van der Waals surface area contributed by atoms with Crippen molar-refractivity contribution in [2.24, 2.45) is 5.92 Å². The number of ether oxygens (including phenoxy) is 1. The first-order valence-electron chi connectivity index (χ1n) is 5.70. The van der Waals surface area contributed by atoms with Crippen LogP contribution in [0.25, 0.3) is 0 Å². The van der Waals surface area contributed by atoms with Crippen molar-refractivity contribution in [1.29, 1.82) is 0 Å². The maximum absolute atomic E-state index is 11.8. The van der Waals surface area contributed by atoms with E-state index in [4.69, 9.17) is 4.74 Å². The third-order valence-corrected chi connectivity index (χ3v) is 2.45. The Morgan fingerprint density at radius 2 is 1.94 bits per heavy atom. The van der Waals surface area contributed by atoms with Gasteiger partial charge in [-0.25, -0.2) is 0 Å². The van der Waals surface area contributed by atoms with Crippen LogP contribution in [0.2, 0.25) is 0 Å². The van der Waals surface area contributed by atoms with Gasteiger partial charge in [0.15, 0.2) is 0 Å². The van der Waals surface area contributed by atoms with Crippen LogP contribution in [-0.4, -0.2) is 12.6 Å². The SMILES string of the molecule is C=CCOC(=O)[C@H](CC=C)Cc1ccccc1. The molecule has 0 radical (unpaired) electrons. The second-order valence-electron chi connectivity index (χ2n) is 3.83. The molecule has 0 aliphatic rings. The van der Waals surface area contributed by atoms with E-state index in [2.05, 4.69) is 13.2 Å². The van der Waals surface area contributed by atoms with Crippen LogP contribution in [-0.2, 0) is 16.0 Å². The molecule has 2 nitrogen and oxygen atoms in total. The monoisotopic (exact) mass is 230 g/mol. The first-order valence-corrected chi connectivity index (χ1v) is 5.70. The predicted octanol–water partition coefficient (Wildman–Crippen LogP) is 3.15. The van der Waals surface area contributed by atoms with E-state index in [1.54, 1.807) is 12.2 Å². The third-order valence-electron chi connectivity index (χ3n) is 2.45. The smallest absolute Gasteiger partial charge is 0.309 e. The Labute approximate surface area is 103 Å². The second kappa shape index (κ2) is 7.44. The molecule has 1 aromatic carbocycles. The van der Waals surface area contributed by atoms with Gasteiger partial charge in [0.1, 0.15) is 6.61 Å². The number of esters is 1. The van der Waals surface area contributed by atoms with Gasteiger partial charge in [0.25, 0.3) is 0 Å². The number of carbonyl (C=O) groups is 1. The van der Waals surface area contributed by atoms with Gasteiger partial charge in [0, 0.05) is 0 Å². The van der Waals surface area contributed by atoms with E-state index in [-0.39, 0.29) is 18.5 Å². The summed E-state index contributed by atoms with van der Waals surface area (Å²) < 4.78 is 5.07. The van der Waals surface area contributed by atoms with Crippen molar-refractivity contribution in [3.8, 4) is 0 Å². The standard InChI is InChI=1S/C15H18O2/c1-3-8-14(15(16)17-11-4-2)12-13-9-6-5-7-10-13/h3-7,9-10,14H,1-2,8,11-12H2/t14-/m1/s1. The summed E-state index contributed by atoms with van der Waals surface area (Å²) in [5, 5.41) is 0. The van der Waals surface area contributed by atoms with Crippen LogP contribution in [0.5, 0.6) is 0 Å². The van der Waals surface area contributed by atoms with Crippen molar-refractivity contribution in [2.75, 3.05) is 6.61 Å². The number of hydrogen-bond donors (Lipinski definition) is 0. The number of allylic oxidation sites excluding steroid dienone is 1. The lowest BCUT2D eigenvalue weighted by atomic mass is 9.96. The fourth-order valence-electron chi connectivity index (χ4n) is 1.62. The van der Waals surface area contributed by atoms with E-state index in [9.17, 15) is 4.79 Å². The van der Waals surface area contributed by atoms with Gasteiger partial charge in [-0.3, -0.25) is 4.79 Å². The molecule has 0 spiro atoms. The molecule has 2 heteroatoms. The van der Waals surface area contributed by atoms with Gasteiger partial charge in [0.2, 0.25) is 0 Å². The zero-order valence-corrected chi connectivity index (χ0v) is 9.97.